The molecule has 1 atom stereocenters. The average Bonchev–Trinajstić information content (AvgIpc) is 2.53. The van der Waals surface area contributed by atoms with Crippen molar-refractivity contribution in [3.63, 3.8) is 0 Å². The van der Waals surface area contributed by atoms with Crippen molar-refractivity contribution in [3.8, 4) is 11.3 Å². The second kappa shape index (κ2) is 6.53. The van der Waals surface area contributed by atoms with Crippen LogP contribution in [-0.2, 0) is 6.61 Å². The fourth-order valence-electron chi connectivity index (χ4n) is 2.35. The van der Waals surface area contributed by atoms with E-state index in [1.54, 1.807) is 28.8 Å². The maximum atomic E-state index is 12.5. The number of benzene rings is 1. The van der Waals surface area contributed by atoms with Gasteiger partial charge in [-0.25, -0.2) is 0 Å². The zero-order chi connectivity index (χ0) is 16.3. The molecule has 0 saturated heterocycles. The molecule has 22 heavy (non-hydrogen) atoms. The summed E-state index contributed by atoms with van der Waals surface area (Å²) < 4.78 is 1.59. The molecule has 1 heterocycles. The van der Waals surface area contributed by atoms with Gasteiger partial charge in [-0.05, 0) is 25.5 Å². The van der Waals surface area contributed by atoms with Gasteiger partial charge in [0, 0.05) is 29.3 Å². The number of hydrogen-bond acceptors (Lipinski definition) is 4. The van der Waals surface area contributed by atoms with Gasteiger partial charge in [0.1, 0.15) is 0 Å². The topological polar surface area (TPSA) is 85.4 Å². The van der Waals surface area contributed by atoms with Crippen molar-refractivity contribution in [2.75, 3.05) is 0 Å². The summed E-state index contributed by atoms with van der Waals surface area (Å²) in [5, 5.41) is 20.2. The van der Waals surface area contributed by atoms with Crippen LogP contribution in [0, 0.1) is 10.1 Å². The number of rotatable bonds is 5. The molecule has 0 spiro atoms. The summed E-state index contributed by atoms with van der Waals surface area (Å²) in [6, 6.07) is 9.41. The Morgan fingerprint density at radius 3 is 2.64 bits per heavy atom. The SMILES string of the molecule is CCC(C)n1c(-c2cccc([N+](=O)[O-])c2)ccc(CO)c1=O. The molecule has 1 aromatic heterocycles. The second-order valence-corrected chi connectivity index (χ2v) is 5.14. The number of non-ortho nitro benzene ring substituents is 1. The van der Waals surface area contributed by atoms with Crippen LogP contribution >= 0.6 is 0 Å². The van der Waals surface area contributed by atoms with Gasteiger partial charge in [0.05, 0.1) is 17.2 Å². The van der Waals surface area contributed by atoms with E-state index in [0.29, 0.717) is 16.8 Å². The van der Waals surface area contributed by atoms with E-state index in [1.807, 2.05) is 13.8 Å². The van der Waals surface area contributed by atoms with Crippen molar-refractivity contribution in [2.45, 2.75) is 32.9 Å². The molecule has 2 aromatic rings. The molecular formula is C16H18N2O4. The van der Waals surface area contributed by atoms with Gasteiger partial charge in [0.15, 0.2) is 0 Å². The standard InChI is InChI=1S/C16H18N2O4/c1-3-11(2)17-15(8-7-13(10-19)16(17)20)12-5-4-6-14(9-12)18(21)22/h4-9,11,19H,3,10H2,1-2H3. The molecule has 0 bridgehead atoms. The number of nitro benzene ring substituents is 1. The van der Waals surface area contributed by atoms with E-state index in [-0.39, 0.29) is 23.9 Å². The molecule has 1 aromatic carbocycles. The van der Waals surface area contributed by atoms with Gasteiger partial charge in [-0.15, -0.1) is 0 Å². The second-order valence-electron chi connectivity index (χ2n) is 5.14. The molecule has 0 radical (unpaired) electrons. The van der Waals surface area contributed by atoms with E-state index < -0.39 is 4.92 Å². The molecule has 0 aliphatic heterocycles. The van der Waals surface area contributed by atoms with Crippen LogP contribution in [0.25, 0.3) is 11.3 Å². The molecule has 1 N–H and O–H groups in total. The third-order valence-corrected chi connectivity index (χ3v) is 3.75. The van der Waals surface area contributed by atoms with Crippen molar-refractivity contribution in [3.05, 3.63) is 62.4 Å². The first kappa shape index (κ1) is 15.9. The maximum Gasteiger partial charge on any atom is 0.270 e. The van der Waals surface area contributed by atoms with Crippen LogP contribution in [0.2, 0.25) is 0 Å². The Labute approximate surface area is 127 Å². The summed E-state index contributed by atoms with van der Waals surface area (Å²) in [5.41, 5.74) is 1.25. The summed E-state index contributed by atoms with van der Waals surface area (Å²) in [5.74, 6) is 0. The van der Waals surface area contributed by atoms with E-state index >= 15 is 0 Å². The van der Waals surface area contributed by atoms with E-state index in [2.05, 4.69) is 0 Å². The van der Waals surface area contributed by atoms with Crippen LogP contribution < -0.4 is 5.56 Å². The smallest absolute Gasteiger partial charge is 0.270 e. The third kappa shape index (κ3) is 2.92. The van der Waals surface area contributed by atoms with Gasteiger partial charge >= 0.3 is 0 Å². The van der Waals surface area contributed by atoms with Gasteiger partial charge < -0.3 is 9.67 Å². The van der Waals surface area contributed by atoms with E-state index in [4.69, 9.17) is 0 Å². The summed E-state index contributed by atoms with van der Waals surface area (Å²) in [6.45, 7) is 3.54. The molecule has 0 fully saturated rings. The third-order valence-electron chi connectivity index (χ3n) is 3.75. The highest BCUT2D eigenvalue weighted by Crippen LogP contribution is 2.26. The van der Waals surface area contributed by atoms with Crippen molar-refractivity contribution >= 4 is 5.69 Å². The number of nitrogens with zero attached hydrogens (tertiary/aromatic N) is 2. The highest BCUT2D eigenvalue weighted by Gasteiger charge is 2.16. The molecule has 6 heteroatoms. The van der Waals surface area contributed by atoms with E-state index in [1.165, 1.54) is 12.1 Å². The molecule has 0 aliphatic rings. The van der Waals surface area contributed by atoms with Crippen LogP contribution in [0.3, 0.4) is 0 Å². The van der Waals surface area contributed by atoms with Gasteiger partial charge in [-0.3, -0.25) is 14.9 Å². The maximum absolute atomic E-state index is 12.5. The largest absolute Gasteiger partial charge is 0.391 e. The van der Waals surface area contributed by atoms with Crippen LogP contribution in [0.4, 0.5) is 5.69 Å². The zero-order valence-electron chi connectivity index (χ0n) is 12.5. The predicted octanol–water partition coefficient (Wildman–Crippen LogP) is 2.89. The molecule has 0 aliphatic carbocycles. The number of pyridine rings is 1. The first-order valence-electron chi connectivity index (χ1n) is 7.09. The Morgan fingerprint density at radius 2 is 2.05 bits per heavy atom. The summed E-state index contributed by atoms with van der Waals surface area (Å²) in [4.78, 5) is 23.0. The number of nitro groups is 1. The molecular weight excluding hydrogens is 284 g/mol. The first-order valence-corrected chi connectivity index (χ1v) is 7.09. The Morgan fingerprint density at radius 1 is 1.32 bits per heavy atom. The Bertz CT molecular complexity index is 752. The van der Waals surface area contributed by atoms with Crippen molar-refractivity contribution in [2.24, 2.45) is 0 Å². The lowest BCUT2D eigenvalue weighted by atomic mass is 10.1. The van der Waals surface area contributed by atoms with Gasteiger partial charge in [-0.1, -0.05) is 19.1 Å². The Kier molecular flexibility index (Phi) is 4.72. The zero-order valence-corrected chi connectivity index (χ0v) is 12.5. The predicted molar refractivity (Wildman–Crippen MR) is 83.7 cm³/mol. The lowest BCUT2D eigenvalue weighted by molar-refractivity contribution is -0.384. The van der Waals surface area contributed by atoms with Gasteiger partial charge in [0.2, 0.25) is 0 Å². The number of aliphatic hydroxyl groups is 1. The lowest BCUT2D eigenvalue weighted by Gasteiger charge is -2.19. The van der Waals surface area contributed by atoms with Crippen LogP contribution in [0.1, 0.15) is 31.9 Å². The monoisotopic (exact) mass is 302 g/mol. The van der Waals surface area contributed by atoms with Crippen LogP contribution in [0.15, 0.2) is 41.2 Å². The summed E-state index contributed by atoms with van der Waals surface area (Å²) in [6.07, 6.45) is 0.733. The first-order chi connectivity index (χ1) is 10.5. The van der Waals surface area contributed by atoms with E-state index in [9.17, 15) is 20.0 Å². The molecule has 2 rings (SSSR count). The summed E-state index contributed by atoms with van der Waals surface area (Å²) >= 11 is 0. The Balaban J connectivity index is 2.70. The minimum atomic E-state index is -0.461. The average molecular weight is 302 g/mol. The van der Waals surface area contributed by atoms with Crippen LogP contribution in [-0.4, -0.2) is 14.6 Å². The quantitative estimate of drug-likeness (QED) is 0.679. The highest BCUT2D eigenvalue weighted by atomic mass is 16.6. The molecule has 0 saturated carbocycles. The van der Waals surface area contributed by atoms with Crippen molar-refractivity contribution < 1.29 is 10.0 Å². The normalized spacial score (nSPS) is 12.1. The van der Waals surface area contributed by atoms with Gasteiger partial charge in [-0.2, -0.15) is 0 Å². The van der Waals surface area contributed by atoms with E-state index in [0.717, 1.165) is 6.42 Å². The van der Waals surface area contributed by atoms with Crippen molar-refractivity contribution in [1.29, 1.82) is 0 Å². The van der Waals surface area contributed by atoms with Crippen molar-refractivity contribution in [1.82, 2.24) is 4.57 Å². The van der Waals surface area contributed by atoms with Gasteiger partial charge in [0.25, 0.3) is 11.2 Å². The highest BCUT2D eigenvalue weighted by molar-refractivity contribution is 5.63. The fraction of sp³-hybridized carbons (Fsp3) is 0.312. The van der Waals surface area contributed by atoms with Crippen LogP contribution in [0.5, 0.6) is 0 Å². The minimum Gasteiger partial charge on any atom is -0.391 e. The molecule has 6 nitrogen and oxygen atoms in total. The molecule has 0 amide bonds. The fourth-order valence-corrected chi connectivity index (χ4v) is 2.35. The summed E-state index contributed by atoms with van der Waals surface area (Å²) in [7, 11) is 0. The minimum absolute atomic E-state index is 0.0214. The number of aliphatic hydroxyl groups excluding tert-OH is 1. The lowest BCUT2D eigenvalue weighted by Crippen LogP contribution is -2.27. The number of hydrogen-bond donors (Lipinski definition) is 1. The number of aromatic nitrogens is 1. The molecule has 1 unspecified atom stereocenters. The Hall–Kier alpha value is -2.47. The molecule has 116 valence electrons.